The fraction of sp³-hybridized carbons (Fsp3) is 0.250. The van der Waals surface area contributed by atoms with Gasteiger partial charge in [0, 0.05) is 25.0 Å². The summed E-state index contributed by atoms with van der Waals surface area (Å²) in [7, 11) is 1.57. The molecule has 0 aliphatic carbocycles. The first kappa shape index (κ1) is 20.4. The Bertz CT molecular complexity index is 1000. The minimum absolute atomic E-state index is 0.0385. The fourth-order valence-electron chi connectivity index (χ4n) is 2.29. The number of nitrogens with zero attached hydrogens (tertiary/aromatic N) is 4. The summed E-state index contributed by atoms with van der Waals surface area (Å²) >= 11 is 0. The Kier molecular flexibility index (Phi) is 5.31. The minimum atomic E-state index is -4.97. The first-order valence-electron chi connectivity index (χ1n) is 7.82. The van der Waals surface area contributed by atoms with Crippen LogP contribution in [0.5, 0.6) is 5.75 Å². The first-order chi connectivity index (χ1) is 13.6. The molecular weight excluding hydrogens is 408 g/mol. The molecule has 1 aromatic carbocycles. The molecule has 0 saturated carbocycles. The van der Waals surface area contributed by atoms with Gasteiger partial charge in [0.15, 0.2) is 18.1 Å². The van der Waals surface area contributed by atoms with Crippen molar-refractivity contribution in [3.8, 4) is 28.7 Å². The average molecular weight is 419 g/mol. The molecule has 0 aliphatic rings. The lowest BCUT2D eigenvalue weighted by molar-refractivity contribution is -0.158. The maximum absolute atomic E-state index is 13.3. The summed E-state index contributed by atoms with van der Waals surface area (Å²) in [5, 5.41) is 6.42. The second-order valence-corrected chi connectivity index (χ2v) is 5.54. The van der Waals surface area contributed by atoms with Crippen molar-refractivity contribution in [3.63, 3.8) is 0 Å². The zero-order valence-corrected chi connectivity index (χ0v) is 14.5. The van der Waals surface area contributed by atoms with Crippen LogP contribution in [0.25, 0.3) is 23.0 Å². The summed E-state index contributed by atoms with van der Waals surface area (Å²) in [5.74, 6) is -0.986. The molecule has 2 heterocycles. The van der Waals surface area contributed by atoms with Gasteiger partial charge in [-0.3, -0.25) is 0 Å². The summed E-state index contributed by atoms with van der Waals surface area (Å²) in [6, 6.07) is 2.40. The second-order valence-electron chi connectivity index (χ2n) is 5.54. The lowest BCUT2D eigenvalue weighted by atomic mass is 10.1. The monoisotopic (exact) mass is 419 g/mol. The molecule has 0 saturated heterocycles. The standard InChI is InChI=1S/C16H11F6N5O2/c1-23-12-11(24-4-5-25-12)13-26-14(29-27-13)8-2-3-10(28-7-15(17,18)19)9(6-8)16(20,21)22/h2-6H,7H2,1H3,(H,23,25). The van der Waals surface area contributed by atoms with Crippen LogP contribution in [-0.2, 0) is 6.18 Å². The van der Waals surface area contributed by atoms with Gasteiger partial charge in [-0.15, -0.1) is 0 Å². The van der Waals surface area contributed by atoms with Crippen molar-refractivity contribution in [2.24, 2.45) is 0 Å². The smallest absolute Gasteiger partial charge is 0.422 e. The molecule has 0 radical (unpaired) electrons. The predicted molar refractivity (Wildman–Crippen MR) is 86.9 cm³/mol. The zero-order chi connectivity index (χ0) is 21.2. The lowest BCUT2D eigenvalue weighted by Gasteiger charge is -2.15. The highest BCUT2D eigenvalue weighted by Crippen LogP contribution is 2.39. The van der Waals surface area contributed by atoms with Crippen molar-refractivity contribution < 1.29 is 35.6 Å². The van der Waals surface area contributed by atoms with E-state index in [1.807, 2.05) is 0 Å². The third-order valence-corrected chi connectivity index (χ3v) is 3.50. The lowest BCUT2D eigenvalue weighted by Crippen LogP contribution is -2.20. The molecule has 1 N–H and O–H groups in total. The average Bonchev–Trinajstić information content (AvgIpc) is 3.15. The number of hydrogen-bond donors (Lipinski definition) is 1. The van der Waals surface area contributed by atoms with Crippen LogP contribution in [0, 0.1) is 0 Å². The Hall–Kier alpha value is -3.38. The number of alkyl halides is 6. The van der Waals surface area contributed by atoms with Crippen LogP contribution in [0.2, 0.25) is 0 Å². The van der Waals surface area contributed by atoms with Crippen LogP contribution in [0.15, 0.2) is 35.1 Å². The Morgan fingerprint density at radius 2 is 1.79 bits per heavy atom. The largest absolute Gasteiger partial charge is 0.483 e. The van der Waals surface area contributed by atoms with Gasteiger partial charge < -0.3 is 14.6 Å². The van der Waals surface area contributed by atoms with Gasteiger partial charge in [-0.25, -0.2) is 9.97 Å². The molecule has 0 aliphatic heterocycles. The maximum atomic E-state index is 13.3. The van der Waals surface area contributed by atoms with Crippen LogP contribution in [-0.4, -0.2) is 39.9 Å². The first-order valence-corrected chi connectivity index (χ1v) is 7.82. The van der Waals surface area contributed by atoms with Gasteiger partial charge in [-0.2, -0.15) is 31.3 Å². The Morgan fingerprint density at radius 3 is 2.45 bits per heavy atom. The number of aromatic nitrogens is 4. The third kappa shape index (κ3) is 4.73. The topological polar surface area (TPSA) is 86.0 Å². The SMILES string of the molecule is CNc1nccnc1-c1noc(-c2ccc(OCC(F)(F)F)c(C(F)(F)F)c2)n1. The van der Waals surface area contributed by atoms with Gasteiger partial charge in [0.05, 0.1) is 5.56 Å². The highest BCUT2D eigenvalue weighted by molar-refractivity contribution is 5.67. The summed E-state index contributed by atoms with van der Waals surface area (Å²) in [5.41, 5.74) is -1.37. The molecule has 0 amide bonds. The van der Waals surface area contributed by atoms with Crippen molar-refractivity contribution in [1.29, 1.82) is 0 Å². The van der Waals surface area contributed by atoms with Crippen molar-refractivity contribution in [2.75, 3.05) is 19.0 Å². The van der Waals surface area contributed by atoms with Gasteiger partial charge in [0.2, 0.25) is 5.82 Å². The summed E-state index contributed by atoms with van der Waals surface area (Å²) in [6.07, 6.45) is -6.99. The van der Waals surface area contributed by atoms with Gasteiger partial charge in [0.1, 0.15) is 5.75 Å². The van der Waals surface area contributed by atoms with Gasteiger partial charge >= 0.3 is 12.4 Å². The van der Waals surface area contributed by atoms with E-state index >= 15 is 0 Å². The number of halogens is 6. The molecule has 3 rings (SSSR count). The number of benzene rings is 1. The van der Waals surface area contributed by atoms with Crippen LogP contribution < -0.4 is 10.1 Å². The van der Waals surface area contributed by atoms with E-state index in [4.69, 9.17) is 4.52 Å². The van der Waals surface area contributed by atoms with E-state index < -0.39 is 30.3 Å². The predicted octanol–water partition coefficient (Wildman–Crippen LogP) is 4.20. The highest BCUT2D eigenvalue weighted by atomic mass is 19.4. The molecule has 3 aromatic rings. The minimum Gasteiger partial charge on any atom is -0.483 e. The molecule has 0 unspecified atom stereocenters. The van der Waals surface area contributed by atoms with Crippen LogP contribution in [0.1, 0.15) is 5.56 Å². The van der Waals surface area contributed by atoms with Crippen LogP contribution >= 0.6 is 0 Å². The van der Waals surface area contributed by atoms with E-state index in [1.54, 1.807) is 7.05 Å². The van der Waals surface area contributed by atoms with Crippen LogP contribution in [0.4, 0.5) is 32.2 Å². The molecule has 2 aromatic heterocycles. The summed E-state index contributed by atoms with van der Waals surface area (Å²) < 4.78 is 86.0. The Labute approximate surface area is 158 Å². The Balaban J connectivity index is 1.97. The van der Waals surface area contributed by atoms with Gasteiger partial charge in [0.25, 0.3) is 5.89 Å². The normalized spacial score (nSPS) is 12.1. The second kappa shape index (κ2) is 7.56. The third-order valence-electron chi connectivity index (χ3n) is 3.50. The number of rotatable bonds is 5. The van der Waals surface area contributed by atoms with E-state index in [2.05, 4.69) is 30.2 Å². The quantitative estimate of drug-likeness (QED) is 0.621. The van der Waals surface area contributed by atoms with Crippen molar-refractivity contribution in [3.05, 3.63) is 36.2 Å². The molecule has 0 bridgehead atoms. The molecule has 13 heteroatoms. The van der Waals surface area contributed by atoms with E-state index in [0.29, 0.717) is 11.9 Å². The maximum Gasteiger partial charge on any atom is 0.422 e. The molecular formula is C16H11F6N5O2. The zero-order valence-electron chi connectivity index (χ0n) is 14.5. The van der Waals surface area contributed by atoms with Gasteiger partial charge in [-0.1, -0.05) is 5.16 Å². The Morgan fingerprint density at radius 1 is 1.07 bits per heavy atom. The van der Waals surface area contributed by atoms with Crippen LogP contribution in [0.3, 0.4) is 0 Å². The summed E-state index contributed by atoms with van der Waals surface area (Å²) in [4.78, 5) is 12.0. The number of ether oxygens (including phenoxy) is 1. The summed E-state index contributed by atoms with van der Waals surface area (Å²) in [6.45, 7) is -1.86. The highest BCUT2D eigenvalue weighted by Gasteiger charge is 2.37. The molecule has 0 fully saturated rings. The number of hydrogen-bond acceptors (Lipinski definition) is 7. The van der Waals surface area contributed by atoms with Crippen molar-refractivity contribution in [1.82, 2.24) is 20.1 Å². The van der Waals surface area contributed by atoms with E-state index in [1.165, 1.54) is 12.4 Å². The molecule has 7 nitrogen and oxygen atoms in total. The van der Waals surface area contributed by atoms with E-state index in [0.717, 1.165) is 12.1 Å². The number of nitrogens with one attached hydrogen (secondary N) is 1. The molecule has 0 atom stereocenters. The van der Waals surface area contributed by atoms with E-state index in [9.17, 15) is 26.3 Å². The van der Waals surface area contributed by atoms with Crippen molar-refractivity contribution >= 4 is 5.82 Å². The van der Waals surface area contributed by atoms with E-state index in [-0.39, 0.29) is 23.0 Å². The molecule has 154 valence electrons. The molecule has 0 spiro atoms. The van der Waals surface area contributed by atoms with Crippen molar-refractivity contribution in [2.45, 2.75) is 12.4 Å². The number of anilines is 1. The van der Waals surface area contributed by atoms with Gasteiger partial charge in [-0.05, 0) is 18.2 Å². The fourth-order valence-corrected chi connectivity index (χ4v) is 2.29. The molecule has 29 heavy (non-hydrogen) atoms.